The molecule has 0 saturated heterocycles. The van der Waals surface area contributed by atoms with Crippen LogP contribution in [0.15, 0.2) is 18.2 Å². The highest BCUT2D eigenvalue weighted by atomic mass is 15.3. The van der Waals surface area contributed by atoms with Crippen LogP contribution >= 0.6 is 0 Å². The van der Waals surface area contributed by atoms with E-state index in [2.05, 4.69) is 38.2 Å². The van der Waals surface area contributed by atoms with Crippen molar-refractivity contribution in [1.82, 2.24) is 14.6 Å². The van der Waals surface area contributed by atoms with Crippen molar-refractivity contribution in [2.75, 3.05) is 18.4 Å². The molecule has 5 nitrogen and oxygen atoms in total. The molecule has 0 saturated carbocycles. The lowest BCUT2D eigenvalue weighted by molar-refractivity contribution is 0.894. The fourth-order valence-corrected chi connectivity index (χ4v) is 3.44. The maximum atomic E-state index is 5.63. The van der Waals surface area contributed by atoms with Gasteiger partial charge in [-0.05, 0) is 51.3 Å². The van der Waals surface area contributed by atoms with Gasteiger partial charge in [-0.15, -0.1) is 0 Å². The number of fused-ring (bicyclic) bond motifs is 1. The first-order chi connectivity index (χ1) is 11.4. The Balaban J connectivity index is 2.30. The van der Waals surface area contributed by atoms with E-state index in [1.54, 1.807) is 0 Å². The predicted molar refractivity (Wildman–Crippen MR) is 99.7 cm³/mol. The number of aromatic nitrogens is 3. The summed E-state index contributed by atoms with van der Waals surface area (Å²) in [4.78, 5) is 4.78. The highest BCUT2D eigenvalue weighted by Crippen LogP contribution is 2.34. The number of hydrogen-bond donors (Lipinski definition) is 2. The standard InChI is InChI=1S/C19H25N5/c1-11-8-12(2)17(13(3)9-11)18-15(5)23-24-16(21-7-6-20)10-14(4)22-19(18)24/h8-10,21H,6-7,20H2,1-5H3. The summed E-state index contributed by atoms with van der Waals surface area (Å²) in [5.74, 6) is 0.930. The van der Waals surface area contributed by atoms with Gasteiger partial charge in [0.05, 0.1) is 11.3 Å². The van der Waals surface area contributed by atoms with Crippen molar-refractivity contribution in [3.63, 3.8) is 0 Å². The van der Waals surface area contributed by atoms with E-state index in [0.717, 1.165) is 28.4 Å². The lowest BCUT2D eigenvalue weighted by atomic mass is 9.94. The van der Waals surface area contributed by atoms with Crippen LogP contribution in [0.5, 0.6) is 0 Å². The van der Waals surface area contributed by atoms with Crippen LogP contribution in [0.3, 0.4) is 0 Å². The average Bonchev–Trinajstić information content (AvgIpc) is 2.81. The molecule has 0 fully saturated rings. The second-order valence-electron chi connectivity index (χ2n) is 6.47. The number of benzene rings is 1. The Kier molecular flexibility index (Phi) is 4.28. The summed E-state index contributed by atoms with van der Waals surface area (Å²) in [5.41, 5.74) is 14.6. The number of nitrogens with one attached hydrogen (secondary N) is 1. The smallest absolute Gasteiger partial charge is 0.165 e. The van der Waals surface area contributed by atoms with Gasteiger partial charge >= 0.3 is 0 Å². The monoisotopic (exact) mass is 323 g/mol. The SMILES string of the molecule is Cc1cc(C)c(-c2c(C)nn3c(NCCN)cc(C)nc23)c(C)c1. The molecule has 0 amide bonds. The maximum Gasteiger partial charge on any atom is 0.165 e. The van der Waals surface area contributed by atoms with Crippen LogP contribution in [0.4, 0.5) is 5.82 Å². The quantitative estimate of drug-likeness (QED) is 0.773. The minimum absolute atomic E-state index is 0.576. The van der Waals surface area contributed by atoms with Crippen LogP contribution in [-0.4, -0.2) is 27.7 Å². The zero-order valence-corrected chi connectivity index (χ0v) is 15.1. The zero-order valence-electron chi connectivity index (χ0n) is 15.1. The minimum Gasteiger partial charge on any atom is -0.369 e. The number of nitrogens with zero attached hydrogens (tertiary/aromatic N) is 3. The Labute approximate surface area is 142 Å². The molecule has 24 heavy (non-hydrogen) atoms. The van der Waals surface area contributed by atoms with Crippen LogP contribution in [0.25, 0.3) is 16.8 Å². The predicted octanol–water partition coefficient (Wildman–Crippen LogP) is 3.31. The number of anilines is 1. The first-order valence-electron chi connectivity index (χ1n) is 8.31. The molecule has 2 aromatic heterocycles. The third-order valence-electron chi connectivity index (χ3n) is 4.27. The van der Waals surface area contributed by atoms with E-state index in [-0.39, 0.29) is 0 Å². The highest BCUT2D eigenvalue weighted by molar-refractivity contribution is 5.84. The molecule has 3 rings (SSSR count). The number of hydrogen-bond acceptors (Lipinski definition) is 4. The largest absolute Gasteiger partial charge is 0.369 e. The molecule has 1 aromatic carbocycles. The van der Waals surface area contributed by atoms with Crippen LogP contribution in [0.1, 0.15) is 28.1 Å². The molecule has 0 unspecified atom stereocenters. The van der Waals surface area contributed by atoms with Gasteiger partial charge < -0.3 is 11.1 Å². The van der Waals surface area contributed by atoms with Crippen molar-refractivity contribution in [2.45, 2.75) is 34.6 Å². The zero-order chi connectivity index (χ0) is 17.4. The molecule has 5 heteroatoms. The van der Waals surface area contributed by atoms with Crippen molar-refractivity contribution in [3.8, 4) is 11.1 Å². The van der Waals surface area contributed by atoms with E-state index in [0.29, 0.717) is 13.1 Å². The van der Waals surface area contributed by atoms with Gasteiger partial charge in [0.25, 0.3) is 0 Å². The van der Waals surface area contributed by atoms with Crippen LogP contribution in [-0.2, 0) is 0 Å². The fraction of sp³-hybridized carbons (Fsp3) is 0.368. The second-order valence-corrected chi connectivity index (χ2v) is 6.47. The molecule has 126 valence electrons. The normalized spacial score (nSPS) is 11.2. The molecule has 0 aliphatic rings. The summed E-state index contributed by atoms with van der Waals surface area (Å²) in [6, 6.07) is 6.44. The highest BCUT2D eigenvalue weighted by Gasteiger charge is 2.19. The molecule has 3 N–H and O–H groups in total. The van der Waals surface area contributed by atoms with Gasteiger partial charge in [-0.2, -0.15) is 9.61 Å². The molecular weight excluding hydrogens is 298 g/mol. The molecule has 0 bridgehead atoms. The Hall–Kier alpha value is -2.40. The number of nitrogens with two attached hydrogens (primary N) is 1. The third-order valence-corrected chi connectivity index (χ3v) is 4.27. The minimum atomic E-state index is 0.576. The Bertz CT molecular complexity index is 885. The van der Waals surface area contributed by atoms with Crippen LogP contribution in [0.2, 0.25) is 0 Å². The average molecular weight is 323 g/mol. The van der Waals surface area contributed by atoms with Crippen molar-refractivity contribution < 1.29 is 0 Å². The van der Waals surface area contributed by atoms with E-state index in [1.807, 2.05) is 24.4 Å². The van der Waals surface area contributed by atoms with Gasteiger partial charge in [0.15, 0.2) is 5.65 Å². The molecular formula is C19H25N5. The van der Waals surface area contributed by atoms with Crippen molar-refractivity contribution in [2.24, 2.45) is 5.73 Å². The van der Waals surface area contributed by atoms with E-state index in [4.69, 9.17) is 15.8 Å². The van der Waals surface area contributed by atoms with Gasteiger partial charge in [0.1, 0.15) is 5.82 Å². The summed E-state index contributed by atoms with van der Waals surface area (Å²) in [5, 5.41) is 8.08. The molecule has 0 aliphatic carbocycles. The van der Waals surface area contributed by atoms with Crippen molar-refractivity contribution >= 4 is 11.5 Å². The molecule has 0 spiro atoms. The summed E-state index contributed by atoms with van der Waals surface area (Å²) >= 11 is 0. The van der Waals surface area contributed by atoms with Gasteiger partial charge in [0, 0.05) is 24.8 Å². The third kappa shape index (κ3) is 2.76. The van der Waals surface area contributed by atoms with Gasteiger partial charge in [-0.3, -0.25) is 0 Å². The Morgan fingerprint density at radius 1 is 1.00 bits per heavy atom. The Morgan fingerprint density at radius 2 is 1.67 bits per heavy atom. The molecule has 2 heterocycles. The van der Waals surface area contributed by atoms with Crippen molar-refractivity contribution in [1.29, 1.82) is 0 Å². The van der Waals surface area contributed by atoms with E-state index >= 15 is 0 Å². The molecule has 3 aromatic rings. The van der Waals surface area contributed by atoms with Crippen LogP contribution < -0.4 is 11.1 Å². The number of rotatable bonds is 4. The fourth-order valence-electron chi connectivity index (χ4n) is 3.44. The molecule has 0 radical (unpaired) electrons. The second kappa shape index (κ2) is 6.24. The first kappa shape index (κ1) is 16.5. The lowest BCUT2D eigenvalue weighted by Crippen LogP contribution is -2.15. The summed E-state index contributed by atoms with van der Waals surface area (Å²) in [6.45, 7) is 11.8. The molecule has 0 atom stereocenters. The van der Waals surface area contributed by atoms with Gasteiger partial charge in [-0.1, -0.05) is 17.7 Å². The topological polar surface area (TPSA) is 68.2 Å². The summed E-state index contributed by atoms with van der Waals surface area (Å²) in [6.07, 6.45) is 0. The van der Waals surface area contributed by atoms with Gasteiger partial charge in [-0.25, -0.2) is 4.98 Å². The van der Waals surface area contributed by atoms with Crippen LogP contribution in [0, 0.1) is 34.6 Å². The van der Waals surface area contributed by atoms with E-state index in [9.17, 15) is 0 Å². The molecule has 0 aliphatic heterocycles. The van der Waals surface area contributed by atoms with Gasteiger partial charge in [0.2, 0.25) is 0 Å². The lowest BCUT2D eigenvalue weighted by Gasteiger charge is -2.12. The summed E-state index contributed by atoms with van der Waals surface area (Å²) in [7, 11) is 0. The van der Waals surface area contributed by atoms with E-state index in [1.165, 1.54) is 22.3 Å². The summed E-state index contributed by atoms with van der Waals surface area (Å²) < 4.78 is 1.89. The van der Waals surface area contributed by atoms with E-state index < -0.39 is 0 Å². The maximum absolute atomic E-state index is 5.63. The first-order valence-corrected chi connectivity index (χ1v) is 8.31. The number of aryl methyl sites for hydroxylation is 5. The van der Waals surface area contributed by atoms with Crippen molar-refractivity contribution in [3.05, 3.63) is 46.3 Å². The Morgan fingerprint density at radius 3 is 2.29 bits per heavy atom.